The summed E-state index contributed by atoms with van der Waals surface area (Å²) < 4.78 is 0. The molecule has 0 aromatic rings. The molecule has 0 spiro atoms. The first-order valence-corrected chi connectivity index (χ1v) is 8.71. The van der Waals surface area contributed by atoms with Gasteiger partial charge in [0.15, 0.2) is 5.78 Å². The highest BCUT2D eigenvalue weighted by atomic mass is 16.3. The Kier molecular flexibility index (Phi) is 3.03. The number of terminal acetylenes is 1. The molecular formula is C20H24O3. The van der Waals surface area contributed by atoms with Crippen molar-refractivity contribution in [3.8, 4) is 12.3 Å². The van der Waals surface area contributed by atoms with Gasteiger partial charge in [0.25, 0.3) is 0 Å². The van der Waals surface area contributed by atoms with Crippen molar-refractivity contribution in [2.45, 2.75) is 56.7 Å². The molecule has 4 rings (SSSR count). The summed E-state index contributed by atoms with van der Waals surface area (Å²) in [6.45, 7) is 2.14. The fraction of sp³-hybridized carbons (Fsp3) is 0.650. The van der Waals surface area contributed by atoms with Crippen molar-refractivity contribution in [1.29, 1.82) is 0 Å². The van der Waals surface area contributed by atoms with Crippen LogP contribution in [0.1, 0.15) is 45.4 Å². The van der Waals surface area contributed by atoms with Crippen LogP contribution in [-0.2, 0) is 4.79 Å². The van der Waals surface area contributed by atoms with Gasteiger partial charge in [-0.3, -0.25) is 4.79 Å². The Morgan fingerprint density at radius 2 is 1.96 bits per heavy atom. The molecule has 2 N–H and O–H groups in total. The lowest BCUT2D eigenvalue weighted by Gasteiger charge is -2.56. The van der Waals surface area contributed by atoms with Gasteiger partial charge in [0.05, 0.1) is 0 Å². The van der Waals surface area contributed by atoms with Crippen LogP contribution in [0.3, 0.4) is 0 Å². The van der Waals surface area contributed by atoms with Crippen molar-refractivity contribution >= 4 is 5.78 Å². The first kappa shape index (κ1) is 15.2. The number of aliphatic hydroxyl groups is 2. The Hall–Kier alpha value is -1.37. The number of fused-ring (bicyclic) bond motifs is 5. The van der Waals surface area contributed by atoms with Crippen molar-refractivity contribution in [1.82, 2.24) is 0 Å². The molecule has 0 aromatic carbocycles. The van der Waals surface area contributed by atoms with E-state index in [2.05, 4.69) is 12.8 Å². The minimum atomic E-state index is -1.01. The van der Waals surface area contributed by atoms with Crippen LogP contribution < -0.4 is 0 Å². The van der Waals surface area contributed by atoms with Gasteiger partial charge in [-0.25, -0.2) is 0 Å². The molecular weight excluding hydrogens is 288 g/mol. The smallest absolute Gasteiger partial charge is 0.178 e. The molecule has 23 heavy (non-hydrogen) atoms. The number of ketones is 1. The maximum absolute atomic E-state index is 11.6. The number of hydrogen-bond donors (Lipinski definition) is 2. The van der Waals surface area contributed by atoms with E-state index >= 15 is 0 Å². The molecule has 6 atom stereocenters. The highest BCUT2D eigenvalue weighted by Crippen LogP contribution is 2.64. The number of carbonyl (C=O) groups excluding carboxylic acids is 1. The molecule has 0 saturated heterocycles. The Morgan fingerprint density at radius 3 is 2.70 bits per heavy atom. The van der Waals surface area contributed by atoms with Crippen LogP contribution in [0, 0.1) is 35.5 Å². The number of carbonyl (C=O) groups is 1. The molecule has 3 heteroatoms. The Labute approximate surface area is 137 Å². The van der Waals surface area contributed by atoms with Gasteiger partial charge in [-0.2, -0.15) is 0 Å². The van der Waals surface area contributed by atoms with E-state index in [0.717, 1.165) is 37.7 Å². The topological polar surface area (TPSA) is 57.5 Å². The zero-order valence-electron chi connectivity index (χ0n) is 13.6. The van der Waals surface area contributed by atoms with E-state index in [4.69, 9.17) is 6.42 Å². The van der Waals surface area contributed by atoms with E-state index in [1.54, 1.807) is 12.2 Å². The van der Waals surface area contributed by atoms with Crippen molar-refractivity contribution in [2.75, 3.05) is 0 Å². The monoisotopic (exact) mass is 312 g/mol. The summed E-state index contributed by atoms with van der Waals surface area (Å²) in [6.07, 6.45) is 15.5. The van der Waals surface area contributed by atoms with Gasteiger partial charge in [-0.1, -0.05) is 12.8 Å². The van der Waals surface area contributed by atoms with Gasteiger partial charge < -0.3 is 10.2 Å². The average molecular weight is 312 g/mol. The molecule has 122 valence electrons. The first-order chi connectivity index (χ1) is 10.8. The van der Waals surface area contributed by atoms with E-state index in [1.165, 1.54) is 6.08 Å². The SMILES string of the molecule is C#C[C@]1(O)CC[C@H]2[C@@H]3CCC4=CC(=O)C=CC4(O)[C@H]3CC[C@@]21C. The van der Waals surface area contributed by atoms with Crippen LogP contribution in [0.25, 0.3) is 0 Å². The second-order valence-electron chi connectivity index (χ2n) is 8.15. The van der Waals surface area contributed by atoms with Crippen LogP contribution in [0.2, 0.25) is 0 Å². The molecule has 1 unspecified atom stereocenters. The van der Waals surface area contributed by atoms with Crippen molar-refractivity contribution < 1.29 is 15.0 Å². The summed E-state index contributed by atoms with van der Waals surface area (Å²) in [5.74, 6) is 3.48. The molecule has 0 aliphatic heterocycles. The number of hydrogen-bond acceptors (Lipinski definition) is 3. The molecule has 3 saturated carbocycles. The maximum Gasteiger partial charge on any atom is 0.178 e. The van der Waals surface area contributed by atoms with Crippen LogP contribution in [0.5, 0.6) is 0 Å². The summed E-state index contributed by atoms with van der Waals surface area (Å²) in [6, 6.07) is 0. The van der Waals surface area contributed by atoms with Crippen LogP contribution in [0.4, 0.5) is 0 Å². The van der Waals surface area contributed by atoms with E-state index in [9.17, 15) is 15.0 Å². The molecule has 0 heterocycles. The lowest BCUT2D eigenvalue weighted by molar-refractivity contribution is -0.117. The van der Waals surface area contributed by atoms with Gasteiger partial charge in [0.2, 0.25) is 0 Å². The van der Waals surface area contributed by atoms with Crippen LogP contribution in [-0.4, -0.2) is 27.2 Å². The Balaban J connectivity index is 1.72. The standard InChI is InChI=1S/C20H24O3/c1-3-19(22)10-8-16-15-5-4-13-12-14(21)6-11-20(13,23)17(15)7-9-18(16,19)2/h1,6,11-12,15-17,22-23H,4-5,7-10H2,2H3/t15-,16-,17-,18-,19-,20?/m0/s1. The Bertz CT molecular complexity index is 669. The lowest BCUT2D eigenvalue weighted by atomic mass is 9.50. The normalized spacial score (nSPS) is 51.3. The second kappa shape index (κ2) is 4.59. The summed E-state index contributed by atoms with van der Waals surface area (Å²) in [4.78, 5) is 11.6. The zero-order valence-corrected chi connectivity index (χ0v) is 13.6. The third-order valence-corrected chi connectivity index (χ3v) is 7.47. The van der Waals surface area contributed by atoms with Crippen molar-refractivity contribution in [3.63, 3.8) is 0 Å². The largest absolute Gasteiger partial charge is 0.381 e. The quantitative estimate of drug-likeness (QED) is 0.675. The Morgan fingerprint density at radius 1 is 1.22 bits per heavy atom. The highest BCUT2D eigenvalue weighted by Gasteiger charge is 2.63. The molecule has 0 amide bonds. The minimum Gasteiger partial charge on any atom is -0.381 e. The minimum absolute atomic E-state index is 0.0219. The summed E-state index contributed by atoms with van der Waals surface area (Å²) in [5, 5.41) is 22.2. The predicted molar refractivity (Wildman–Crippen MR) is 87.2 cm³/mol. The first-order valence-electron chi connectivity index (χ1n) is 8.71. The molecule has 0 radical (unpaired) electrons. The van der Waals surface area contributed by atoms with Crippen molar-refractivity contribution in [3.05, 3.63) is 23.8 Å². The second-order valence-corrected chi connectivity index (χ2v) is 8.15. The fourth-order valence-corrected chi connectivity index (χ4v) is 6.10. The summed E-state index contributed by atoms with van der Waals surface area (Å²) in [7, 11) is 0. The third kappa shape index (κ3) is 1.77. The van der Waals surface area contributed by atoms with E-state index < -0.39 is 11.2 Å². The summed E-state index contributed by atoms with van der Waals surface area (Å²) in [5.41, 5.74) is -1.37. The van der Waals surface area contributed by atoms with E-state index in [0.29, 0.717) is 18.3 Å². The summed E-state index contributed by atoms with van der Waals surface area (Å²) >= 11 is 0. The predicted octanol–water partition coefficient (Wildman–Crippen LogP) is 2.38. The van der Waals surface area contributed by atoms with Crippen LogP contribution >= 0.6 is 0 Å². The van der Waals surface area contributed by atoms with Gasteiger partial charge in [0.1, 0.15) is 11.2 Å². The lowest BCUT2D eigenvalue weighted by Crippen LogP contribution is -2.56. The molecule has 0 aromatic heterocycles. The van der Waals surface area contributed by atoms with E-state index in [-0.39, 0.29) is 17.1 Å². The number of allylic oxidation sites excluding steroid dienone is 2. The highest BCUT2D eigenvalue weighted by molar-refractivity contribution is 6.01. The van der Waals surface area contributed by atoms with Crippen LogP contribution in [0.15, 0.2) is 23.8 Å². The molecule has 0 bridgehead atoms. The molecule has 3 fully saturated rings. The maximum atomic E-state index is 11.6. The van der Waals surface area contributed by atoms with Gasteiger partial charge in [-0.05, 0) is 80.1 Å². The van der Waals surface area contributed by atoms with E-state index in [1.807, 2.05) is 0 Å². The van der Waals surface area contributed by atoms with Gasteiger partial charge in [-0.15, -0.1) is 6.42 Å². The molecule has 4 aliphatic carbocycles. The number of rotatable bonds is 0. The zero-order chi connectivity index (χ0) is 16.5. The fourth-order valence-electron chi connectivity index (χ4n) is 6.10. The molecule has 4 aliphatic rings. The van der Waals surface area contributed by atoms with Gasteiger partial charge >= 0.3 is 0 Å². The molecule has 3 nitrogen and oxygen atoms in total. The van der Waals surface area contributed by atoms with Gasteiger partial charge in [0, 0.05) is 5.41 Å². The van der Waals surface area contributed by atoms with Crippen molar-refractivity contribution in [2.24, 2.45) is 23.2 Å². The average Bonchev–Trinajstić information content (AvgIpc) is 2.80. The third-order valence-electron chi connectivity index (χ3n) is 7.47.